The van der Waals surface area contributed by atoms with Gasteiger partial charge in [-0.25, -0.2) is 4.79 Å². The fraction of sp³-hybridized carbons (Fsp3) is 0.560. The molecule has 36 heavy (non-hydrogen) atoms. The predicted octanol–water partition coefficient (Wildman–Crippen LogP) is 0.662. The summed E-state index contributed by atoms with van der Waals surface area (Å²) in [4.78, 5) is 61.4. The summed E-state index contributed by atoms with van der Waals surface area (Å²) in [6.07, 6.45) is -0.450. The van der Waals surface area contributed by atoms with Crippen LogP contribution in [-0.4, -0.2) is 64.0 Å². The molecule has 0 fully saturated rings. The van der Waals surface area contributed by atoms with Crippen molar-refractivity contribution < 1.29 is 34.2 Å². The van der Waals surface area contributed by atoms with Gasteiger partial charge in [-0.1, -0.05) is 58.0 Å². The summed E-state index contributed by atoms with van der Waals surface area (Å²) in [5, 5.41) is 26.0. The van der Waals surface area contributed by atoms with Crippen LogP contribution in [0.2, 0.25) is 0 Å². The average Bonchev–Trinajstić information content (AvgIpc) is 2.80. The normalized spacial score (nSPS) is 14.4. The first-order valence-corrected chi connectivity index (χ1v) is 12.0. The van der Waals surface area contributed by atoms with E-state index in [9.17, 15) is 29.1 Å². The average molecular weight is 507 g/mol. The molecule has 0 spiro atoms. The highest BCUT2D eigenvalue weighted by Gasteiger charge is 2.31. The molecule has 0 aromatic heterocycles. The maximum atomic E-state index is 13.2. The highest BCUT2D eigenvalue weighted by atomic mass is 16.4. The highest BCUT2D eigenvalue weighted by Crippen LogP contribution is 2.09. The Hall–Kier alpha value is -3.47. The van der Waals surface area contributed by atoms with Crippen LogP contribution in [0.4, 0.5) is 0 Å². The zero-order valence-electron chi connectivity index (χ0n) is 21.2. The summed E-state index contributed by atoms with van der Waals surface area (Å²) < 4.78 is 0. The molecular formula is C25H38N4O7. The smallest absolute Gasteiger partial charge is 0.326 e. The fourth-order valence-electron chi connectivity index (χ4n) is 3.40. The number of carboxylic acids is 2. The molecular weight excluding hydrogens is 468 g/mol. The number of carbonyl (C=O) groups is 5. The molecule has 3 amide bonds. The molecule has 11 heteroatoms. The van der Waals surface area contributed by atoms with Gasteiger partial charge in [-0.3, -0.25) is 19.2 Å². The van der Waals surface area contributed by atoms with E-state index in [1.807, 2.05) is 0 Å². The number of aliphatic carboxylic acids is 2. The Morgan fingerprint density at radius 1 is 0.806 bits per heavy atom. The first kappa shape index (κ1) is 30.6. The van der Waals surface area contributed by atoms with E-state index in [0.29, 0.717) is 0 Å². The van der Waals surface area contributed by atoms with Gasteiger partial charge in [0.15, 0.2) is 0 Å². The van der Waals surface area contributed by atoms with E-state index in [1.54, 1.807) is 58.0 Å². The lowest BCUT2D eigenvalue weighted by Crippen LogP contribution is -2.58. The van der Waals surface area contributed by atoms with E-state index >= 15 is 0 Å². The van der Waals surface area contributed by atoms with Crippen molar-refractivity contribution >= 4 is 29.7 Å². The fourth-order valence-corrected chi connectivity index (χ4v) is 3.40. The molecule has 4 atom stereocenters. The van der Waals surface area contributed by atoms with Crippen LogP contribution in [0.3, 0.4) is 0 Å². The van der Waals surface area contributed by atoms with E-state index in [2.05, 4.69) is 16.0 Å². The summed E-state index contributed by atoms with van der Waals surface area (Å²) in [5.41, 5.74) is 6.67. The Kier molecular flexibility index (Phi) is 12.6. The molecule has 11 nitrogen and oxygen atoms in total. The SMILES string of the molecule is CC(C)CC(NC(=O)C(CCC(=O)O)NC(=O)C(Cc1ccccc1)NC(=O)C(N)C(C)C)C(=O)O. The Bertz CT molecular complexity index is 905. The van der Waals surface area contributed by atoms with E-state index in [-0.39, 0.29) is 31.1 Å². The number of hydrogen-bond acceptors (Lipinski definition) is 6. The number of nitrogens with one attached hydrogen (secondary N) is 3. The molecule has 7 N–H and O–H groups in total. The van der Waals surface area contributed by atoms with Crippen LogP contribution < -0.4 is 21.7 Å². The summed E-state index contributed by atoms with van der Waals surface area (Å²) in [7, 11) is 0. The molecule has 0 saturated heterocycles. The monoisotopic (exact) mass is 506 g/mol. The van der Waals surface area contributed by atoms with E-state index in [1.165, 1.54) is 0 Å². The van der Waals surface area contributed by atoms with Crippen molar-refractivity contribution in [1.82, 2.24) is 16.0 Å². The van der Waals surface area contributed by atoms with E-state index < -0.39 is 60.2 Å². The van der Waals surface area contributed by atoms with Gasteiger partial charge in [0, 0.05) is 12.8 Å². The molecule has 0 aliphatic carbocycles. The van der Waals surface area contributed by atoms with Crippen LogP contribution in [0.15, 0.2) is 30.3 Å². The van der Waals surface area contributed by atoms with Crippen LogP contribution in [0.1, 0.15) is 52.5 Å². The number of carboxylic acid groups (broad SMARTS) is 2. The number of nitrogens with two attached hydrogens (primary N) is 1. The molecule has 0 heterocycles. The van der Waals surface area contributed by atoms with Gasteiger partial charge < -0.3 is 31.9 Å². The van der Waals surface area contributed by atoms with Gasteiger partial charge in [-0.05, 0) is 30.2 Å². The summed E-state index contributed by atoms with van der Waals surface area (Å²) >= 11 is 0. The van der Waals surface area contributed by atoms with E-state index in [0.717, 1.165) is 5.56 Å². The van der Waals surface area contributed by atoms with Crippen molar-refractivity contribution in [2.75, 3.05) is 0 Å². The van der Waals surface area contributed by atoms with Crippen molar-refractivity contribution in [2.24, 2.45) is 17.6 Å². The molecule has 0 bridgehead atoms. The van der Waals surface area contributed by atoms with Crippen molar-refractivity contribution in [3.63, 3.8) is 0 Å². The minimum atomic E-state index is -1.32. The molecule has 1 aromatic carbocycles. The molecule has 4 unspecified atom stereocenters. The van der Waals surface area contributed by atoms with Gasteiger partial charge in [0.25, 0.3) is 0 Å². The second-order valence-corrected chi connectivity index (χ2v) is 9.54. The minimum absolute atomic E-state index is 0.0332. The second kappa shape index (κ2) is 14.8. The molecule has 1 rings (SSSR count). The standard InChI is InChI=1S/C25H38N4O7/c1-14(2)12-19(25(35)36)29-22(32)17(10-11-20(30)31)27-23(33)18(13-16-8-6-5-7-9-16)28-24(34)21(26)15(3)4/h5-9,14-15,17-19,21H,10-13,26H2,1-4H3,(H,27,33)(H,28,34)(H,29,32)(H,30,31)(H,35,36). The van der Waals surface area contributed by atoms with Crippen molar-refractivity contribution in [3.8, 4) is 0 Å². The second-order valence-electron chi connectivity index (χ2n) is 9.54. The van der Waals surface area contributed by atoms with Crippen LogP contribution in [0.25, 0.3) is 0 Å². The van der Waals surface area contributed by atoms with Gasteiger partial charge in [-0.15, -0.1) is 0 Å². The number of amides is 3. The Morgan fingerprint density at radius 2 is 1.33 bits per heavy atom. The molecule has 0 saturated carbocycles. The molecule has 200 valence electrons. The minimum Gasteiger partial charge on any atom is -0.481 e. The Morgan fingerprint density at radius 3 is 1.83 bits per heavy atom. The Balaban J connectivity index is 3.13. The van der Waals surface area contributed by atoms with Crippen LogP contribution in [0, 0.1) is 11.8 Å². The first-order valence-electron chi connectivity index (χ1n) is 12.0. The third-order valence-electron chi connectivity index (χ3n) is 5.54. The van der Waals surface area contributed by atoms with Crippen LogP contribution in [-0.2, 0) is 30.4 Å². The lowest BCUT2D eigenvalue weighted by molar-refractivity contribution is -0.143. The van der Waals surface area contributed by atoms with Crippen molar-refractivity contribution in [3.05, 3.63) is 35.9 Å². The first-order chi connectivity index (χ1) is 16.8. The van der Waals surface area contributed by atoms with Crippen LogP contribution in [0.5, 0.6) is 0 Å². The molecule has 0 radical (unpaired) electrons. The van der Waals surface area contributed by atoms with Gasteiger partial charge in [0.2, 0.25) is 17.7 Å². The maximum Gasteiger partial charge on any atom is 0.326 e. The topological polar surface area (TPSA) is 188 Å². The lowest BCUT2D eigenvalue weighted by atomic mass is 10.0. The number of carbonyl (C=O) groups excluding carboxylic acids is 3. The number of benzene rings is 1. The van der Waals surface area contributed by atoms with Crippen molar-refractivity contribution in [1.29, 1.82) is 0 Å². The predicted molar refractivity (Wildman–Crippen MR) is 133 cm³/mol. The molecule has 1 aromatic rings. The lowest BCUT2D eigenvalue weighted by Gasteiger charge is -2.26. The maximum absolute atomic E-state index is 13.2. The quantitative estimate of drug-likeness (QED) is 0.200. The van der Waals surface area contributed by atoms with Crippen molar-refractivity contribution in [2.45, 2.75) is 77.5 Å². The Labute approximate surface area is 211 Å². The summed E-state index contributed by atoms with van der Waals surface area (Å²) in [5.74, 6) is -4.72. The van der Waals surface area contributed by atoms with Gasteiger partial charge in [0.1, 0.15) is 18.1 Å². The molecule has 0 aliphatic rings. The van der Waals surface area contributed by atoms with Gasteiger partial charge in [0.05, 0.1) is 6.04 Å². The zero-order valence-corrected chi connectivity index (χ0v) is 21.2. The van der Waals surface area contributed by atoms with Crippen LogP contribution >= 0.6 is 0 Å². The molecule has 0 aliphatic heterocycles. The highest BCUT2D eigenvalue weighted by molar-refractivity contribution is 5.94. The van der Waals surface area contributed by atoms with Gasteiger partial charge in [-0.2, -0.15) is 0 Å². The zero-order chi connectivity index (χ0) is 27.4. The summed E-state index contributed by atoms with van der Waals surface area (Å²) in [6, 6.07) is 4.40. The van der Waals surface area contributed by atoms with Gasteiger partial charge >= 0.3 is 11.9 Å². The summed E-state index contributed by atoms with van der Waals surface area (Å²) in [6.45, 7) is 7.12. The van der Waals surface area contributed by atoms with E-state index in [4.69, 9.17) is 10.8 Å². The third kappa shape index (κ3) is 10.9. The third-order valence-corrected chi connectivity index (χ3v) is 5.54. The largest absolute Gasteiger partial charge is 0.481 e. The number of rotatable bonds is 15. The number of hydrogen-bond donors (Lipinski definition) is 6.